The molecule has 0 aliphatic carbocycles. The van der Waals surface area contributed by atoms with Crippen molar-refractivity contribution in [3.63, 3.8) is 0 Å². The number of nitrogens with one attached hydrogen (secondary N) is 1. The number of aromatic nitrogens is 4. The molecule has 6 nitrogen and oxygen atoms in total. The Hall–Kier alpha value is -3.03. The van der Waals surface area contributed by atoms with Gasteiger partial charge in [-0.2, -0.15) is 9.61 Å². The zero-order valence-electron chi connectivity index (χ0n) is 18.4. The lowest BCUT2D eigenvalue weighted by Crippen LogP contribution is -2.33. The third-order valence-electron chi connectivity index (χ3n) is 6.12. The molecule has 168 valence electrons. The van der Waals surface area contributed by atoms with Crippen molar-refractivity contribution in [3.05, 3.63) is 94.5 Å². The van der Waals surface area contributed by atoms with Crippen LogP contribution in [0.2, 0.25) is 0 Å². The van der Waals surface area contributed by atoms with E-state index < -0.39 is 0 Å². The summed E-state index contributed by atoms with van der Waals surface area (Å²) in [4.78, 5) is 11.7. The van der Waals surface area contributed by atoms with Crippen LogP contribution in [0.25, 0.3) is 11.7 Å². The van der Waals surface area contributed by atoms with Crippen molar-refractivity contribution in [1.29, 1.82) is 0 Å². The quantitative estimate of drug-likeness (QED) is 0.367. The van der Waals surface area contributed by atoms with E-state index in [9.17, 15) is 0 Å². The summed E-state index contributed by atoms with van der Waals surface area (Å²) >= 11 is 3.61. The Kier molecular flexibility index (Phi) is 6.79. The van der Waals surface area contributed by atoms with Crippen LogP contribution < -0.4 is 5.32 Å². The van der Waals surface area contributed by atoms with Gasteiger partial charge in [-0.1, -0.05) is 48.6 Å². The predicted octanol–water partition coefficient (Wildman–Crippen LogP) is 5.39. The summed E-state index contributed by atoms with van der Waals surface area (Å²) in [7, 11) is 0. The number of likely N-dealkylation sites (tertiary alicyclic amines) is 1. The fraction of sp³-hybridized carbons (Fsp3) is 0.269. The highest BCUT2D eigenvalue weighted by Gasteiger charge is 2.23. The molecule has 5 rings (SSSR count). The van der Waals surface area contributed by atoms with Crippen LogP contribution in [0.5, 0.6) is 0 Å². The number of hydrogen-bond donors (Lipinski definition) is 1. The molecule has 7 heteroatoms. The third kappa shape index (κ3) is 5.31. The van der Waals surface area contributed by atoms with Gasteiger partial charge in [0.25, 0.3) is 0 Å². The molecule has 4 aromatic rings. The number of piperidine rings is 1. The van der Waals surface area contributed by atoms with Gasteiger partial charge in [-0.05, 0) is 59.1 Å². The molecule has 0 amide bonds. The van der Waals surface area contributed by atoms with E-state index in [4.69, 9.17) is 4.98 Å². The normalized spacial score (nSPS) is 15.4. The van der Waals surface area contributed by atoms with E-state index in [2.05, 4.69) is 90.8 Å². The minimum Gasteiger partial charge on any atom is -0.366 e. The van der Waals surface area contributed by atoms with Crippen molar-refractivity contribution in [2.45, 2.75) is 25.3 Å². The van der Waals surface area contributed by atoms with Crippen molar-refractivity contribution in [2.75, 3.05) is 25.0 Å². The lowest BCUT2D eigenvalue weighted by molar-refractivity contribution is 0.231. The van der Waals surface area contributed by atoms with Crippen LogP contribution in [0.15, 0.2) is 77.7 Å². The molecular formula is C26H27BrN6. The molecule has 1 aliphatic rings. The molecule has 0 radical (unpaired) electrons. The van der Waals surface area contributed by atoms with Crippen LogP contribution in [0.3, 0.4) is 0 Å². The van der Waals surface area contributed by atoms with Gasteiger partial charge in [-0.25, -0.2) is 4.98 Å². The van der Waals surface area contributed by atoms with Crippen molar-refractivity contribution < 1.29 is 0 Å². The SMILES string of the molecule is Brc1cnn2c(NCc3cccnc3)cc(C3CCN(CC=Cc4ccccc4)CC3)nc12. The van der Waals surface area contributed by atoms with Gasteiger partial charge in [0, 0.05) is 43.2 Å². The minimum absolute atomic E-state index is 0.449. The van der Waals surface area contributed by atoms with Crippen LogP contribution in [0, 0.1) is 0 Å². The van der Waals surface area contributed by atoms with Crippen molar-refractivity contribution in [2.24, 2.45) is 0 Å². The van der Waals surface area contributed by atoms with Crippen LogP contribution >= 0.6 is 15.9 Å². The largest absolute Gasteiger partial charge is 0.366 e. The summed E-state index contributed by atoms with van der Waals surface area (Å²) in [5.74, 6) is 1.41. The molecule has 0 saturated carbocycles. The van der Waals surface area contributed by atoms with E-state index in [1.165, 1.54) is 5.56 Å². The highest BCUT2D eigenvalue weighted by Crippen LogP contribution is 2.30. The maximum Gasteiger partial charge on any atom is 0.171 e. The minimum atomic E-state index is 0.449. The summed E-state index contributed by atoms with van der Waals surface area (Å²) in [5.41, 5.74) is 4.38. The number of nitrogens with zero attached hydrogens (tertiary/aromatic N) is 5. The first-order valence-corrected chi connectivity index (χ1v) is 12.2. The van der Waals surface area contributed by atoms with Crippen LogP contribution in [-0.2, 0) is 6.54 Å². The van der Waals surface area contributed by atoms with E-state index in [0.717, 1.165) is 59.7 Å². The first-order valence-electron chi connectivity index (χ1n) is 11.4. The summed E-state index contributed by atoms with van der Waals surface area (Å²) in [6, 6.07) is 16.7. The van der Waals surface area contributed by atoms with E-state index in [1.54, 1.807) is 6.20 Å². The van der Waals surface area contributed by atoms with E-state index in [-0.39, 0.29) is 0 Å². The fourth-order valence-electron chi connectivity index (χ4n) is 4.30. The maximum absolute atomic E-state index is 4.97. The van der Waals surface area contributed by atoms with Gasteiger partial charge in [0.05, 0.1) is 10.7 Å². The Morgan fingerprint density at radius 2 is 1.91 bits per heavy atom. The lowest BCUT2D eigenvalue weighted by atomic mass is 9.93. The number of rotatable bonds is 7. The number of hydrogen-bond acceptors (Lipinski definition) is 5. The van der Waals surface area contributed by atoms with Crippen molar-refractivity contribution in [3.8, 4) is 0 Å². The average Bonchev–Trinajstić information content (AvgIpc) is 3.25. The van der Waals surface area contributed by atoms with Crippen LogP contribution in [0.1, 0.15) is 35.6 Å². The molecule has 1 N–H and O–H groups in total. The second-order valence-electron chi connectivity index (χ2n) is 8.40. The first kappa shape index (κ1) is 21.8. The van der Waals surface area contributed by atoms with Crippen molar-refractivity contribution >= 4 is 33.5 Å². The smallest absolute Gasteiger partial charge is 0.171 e. The van der Waals surface area contributed by atoms with E-state index in [0.29, 0.717) is 12.5 Å². The van der Waals surface area contributed by atoms with Crippen LogP contribution in [0.4, 0.5) is 5.82 Å². The molecule has 1 fully saturated rings. The van der Waals surface area contributed by atoms with E-state index in [1.807, 2.05) is 23.0 Å². The summed E-state index contributed by atoms with van der Waals surface area (Å²) < 4.78 is 2.78. The van der Waals surface area contributed by atoms with Gasteiger partial charge in [0.2, 0.25) is 0 Å². The molecule has 1 aromatic carbocycles. The maximum atomic E-state index is 4.97. The summed E-state index contributed by atoms with van der Waals surface area (Å²) in [6.07, 6.45) is 12.2. The molecule has 0 atom stereocenters. The predicted molar refractivity (Wildman–Crippen MR) is 136 cm³/mol. The highest BCUT2D eigenvalue weighted by molar-refractivity contribution is 9.10. The molecule has 33 heavy (non-hydrogen) atoms. The Balaban J connectivity index is 1.26. The van der Waals surface area contributed by atoms with E-state index >= 15 is 0 Å². The first-order chi connectivity index (χ1) is 16.3. The Labute approximate surface area is 202 Å². The number of pyridine rings is 1. The Morgan fingerprint density at radius 3 is 2.70 bits per heavy atom. The number of benzene rings is 1. The second-order valence-corrected chi connectivity index (χ2v) is 9.25. The number of fused-ring (bicyclic) bond motifs is 1. The molecule has 0 spiro atoms. The average molecular weight is 503 g/mol. The summed E-state index contributed by atoms with van der Waals surface area (Å²) in [6.45, 7) is 3.83. The van der Waals surface area contributed by atoms with Crippen molar-refractivity contribution in [1.82, 2.24) is 24.5 Å². The number of anilines is 1. The third-order valence-corrected chi connectivity index (χ3v) is 6.68. The molecular weight excluding hydrogens is 476 g/mol. The fourth-order valence-corrected chi connectivity index (χ4v) is 4.65. The molecule has 1 saturated heterocycles. The summed E-state index contributed by atoms with van der Waals surface area (Å²) in [5, 5.41) is 8.03. The molecule has 3 aromatic heterocycles. The van der Waals surface area contributed by atoms with Gasteiger partial charge in [-0.15, -0.1) is 0 Å². The van der Waals surface area contributed by atoms with Gasteiger partial charge in [0.1, 0.15) is 5.82 Å². The second kappa shape index (κ2) is 10.3. The van der Waals surface area contributed by atoms with Gasteiger partial charge < -0.3 is 5.32 Å². The lowest BCUT2D eigenvalue weighted by Gasteiger charge is -2.31. The van der Waals surface area contributed by atoms with Gasteiger partial charge >= 0.3 is 0 Å². The zero-order valence-corrected chi connectivity index (χ0v) is 20.0. The monoisotopic (exact) mass is 502 g/mol. The molecule has 0 bridgehead atoms. The van der Waals surface area contributed by atoms with Crippen LogP contribution in [-0.4, -0.2) is 44.1 Å². The zero-order chi connectivity index (χ0) is 22.5. The number of halogens is 1. The topological polar surface area (TPSA) is 58.4 Å². The highest BCUT2D eigenvalue weighted by atomic mass is 79.9. The molecule has 0 unspecified atom stereocenters. The van der Waals surface area contributed by atoms with Gasteiger partial charge in [-0.3, -0.25) is 9.88 Å². The molecule has 1 aliphatic heterocycles. The van der Waals surface area contributed by atoms with Gasteiger partial charge in [0.15, 0.2) is 5.65 Å². The Bertz CT molecular complexity index is 1210. The standard InChI is InChI=1S/C26H27BrN6/c27-23-19-30-33-25(29-18-21-8-4-12-28-17-21)16-24(31-26(23)33)22-10-14-32(15-11-22)13-5-9-20-6-2-1-3-7-20/h1-9,12,16-17,19,22,29H,10-11,13-15,18H2. The Morgan fingerprint density at radius 1 is 1.06 bits per heavy atom. The molecule has 4 heterocycles.